The molecule has 0 saturated heterocycles. The summed E-state index contributed by atoms with van der Waals surface area (Å²) in [5, 5.41) is 0. The predicted octanol–water partition coefficient (Wildman–Crippen LogP) is 4.88. The lowest BCUT2D eigenvalue weighted by Gasteiger charge is -2.02. The third-order valence-electron chi connectivity index (χ3n) is 3.55. The van der Waals surface area contributed by atoms with Gasteiger partial charge < -0.3 is 0 Å². The molecule has 0 saturated carbocycles. The topological polar surface area (TPSA) is 29.4 Å². The van der Waals surface area contributed by atoms with E-state index in [0.29, 0.717) is 6.54 Å². The third kappa shape index (κ3) is 9.52. The van der Waals surface area contributed by atoms with Gasteiger partial charge in [0.2, 0.25) is 6.08 Å². The van der Waals surface area contributed by atoms with Crippen LogP contribution in [0.1, 0.15) is 63.4 Å². The quantitative estimate of drug-likeness (QED) is 0.303. The molecule has 1 aromatic carbocycles. The van der Waals surface area contributed by atoms with Gasteiger partial charge in [0.1, 0.15) is 0 Å². The molecule has 1 aromatic rings. The van der Waals surface area contributed by atoms with E-state index in [2.05, 4.69) is 23.2 Å². The minimum absolute atomic E-state index is 0.653. The SMILES string of the molecule is O=C=NCCCCCCCCCCCc1[c]cccc1. The number of aliphatic imine (C=N–C) groups is 1. The molecule has 0 aliphatic rings. The highest BCUT2D eigenvalue weighted by atomic mass is 16.1. The van der Waals surface area contributed by atoms with Gasteiger partial charge in [0.15, 0.2) is 0 Å². The van der Waals surface area contributed by atoms with Gasteiger partial charge in [0.25, 0.3) is 0 Å². The standard InChI is InChI=1S/C18H26NO/c20-17-19-16-12-7-5-3-1-2-4-6-9-13-18-14-10-8-11-15-18/h8,10-11,14H,1-7,9,12-13,16H2. The van der Waals surface area contributed by atoms with Crippen LogP contribution >= 0.6 is 0 Å². The first-order valence-electron chi connectivity index (χ1n) is 7.92. The van der Waals surface area contributed by atoms with Gasteiger partial charge >= 0.3 is 0 Å². The molecule has 0 heterocycles. The average Bonchev–Trinajstić information content (AvgIpc) is 2.49. The summed E-state index contributed by atoms with van der Waals surface area (Å²) in [4.78, 5) is 13.4. The Morgan fingerprint density at radius 2 is 1.55 bits per heavy atom. The van der Waals surface area contributed by atoms with E-state index in [9.17, 15) is 4.79 Å². The van der Waals surface area contributed by atoms with Crippen molar-refractivity contribution < 1.29 is 4.79 Å². The Balaban J connectivity index is 1.80. The minimum Gasteiger partial charge on any atom is -0.211 e. The summed E-state index contributed by atoms with van der Waals surface area (Å²) in [5.41, 5.74) is 1.34. The molecule has 0 amide bonds. The predicted molar refractivity (Wildman–Crippen MR) is 83.5 cm³/mol. The maximum absolute atomic E-state index is 9.86. The van der Waals surface area contributed by atoms with E-state index in [1.807, 2.05) is 12.1 Å². The Labute approximate surface area is 123 Å². The molecule has 0 aliphatic heterocycles. The summed E-state index contributed by atoms with van der Waals surface area (Å²) >= 11 is 0. The molecular formula is C18H26NO. The maximum Gasteiger partial charge on any atom is 0.234 e. The third-order valence-corrected chi connectivity index (χ3v) is 3.55. The molecule has 0 bridgehead atoms. The second-order valence-corrected chi connectivity index (χ2v) is 5.29. The van der Waals surface area contributed by atoms with Gasteiger partial charge in [-0.15, -0.1) is 0 Å². The summed E-state index contributed by atoms with van der Waals surface area (Å²) in [6, 6.07) is 11.5. The number of rotatable bonds is 12. The van der Waals surface area contributed by atoms with Crippen LogP contribution in [0.15, 0.2) is 29.3 Å². The van der Waals surface area contributed by atoms with E-state index in [1.54, 1.807) is 6.08 Å². The van der Waals surface area contributed by atoms with Gasteiger partial charge in [0, 0.05) is 0 Å². The van der Waals surface area contributed by atoms with Crippen LogP contribution in [0.3, 0.4) is 0 Å². The van der Waals surface area contributed by atoms with Crippen LogP contribution < -0.4 is 0 Å². The number of unbranched alkanes of at least 4 members (excludes halogenated alkanes) is 8. The summed E-state index contributed by atoms with van der Waals surface area (Å²) < 4.78 is 0. The van der Waals surface area contributed by atoms with Crippen molar-refractivity contribution in [1.82, 2.24) is 0 Å². The van der Waals surface area contributed by atoms with Crippen molar-refractivity contribution in [3.63, 3.8) is 0 Å². The average molecular weight is 272 g/mol. The molecule has 0 spiro atoms. The molecule has 2 nitrogen and oxygen atoms in total. The van der Waals surface area contributed by atoms with Crippen molar-refractivity contribution in [2.75, 3.05) is 6.54 Å². The van der Waals surface area contributed by atoms with Crippen molar-refractivity contribution in [3.8, 4) is 0 Å². The fraction of sp³-hybridized carbons (Fsp3) is 0.611. The van der Waals surface area contributed by atoms with Crippen LogP contribution in [-0.4, -0.2) is 12.6 Å². The van der Waals surface area contributed by atoms with E-state index in [4.69, 9.17) is 0 Å². The Morgan fingerprint density at radius 3 is 2.15 bits per heavy atom. The van der Waals surface area contributed by atoms with Crippen molar-refractivity contribution in [2.45, 2.75) is 64.2 Å². The number of hydrogen-bond donors (Lipinski definition) is 0. The van der Waals surface area contributed by atoms with Gasteiger partial charge in [0.05, 0.1) is 6.54 Å². The Kier molecular flexibility index (Phi) is 10.5. The molecular weight excluding hydrogens is 246 g/mol. The van der Waals surface area contributed by atoms with E-state index >= 15 is 0 Å². The van der Waals surface area contributed by atoms with Crippen LogP contribution in [0.4, 0.5) is 0 Å². The molecule has 2 heteroatoms. The highest BCUT2D eigenvalue weighted by Crippen LogP contribution is 2.11. The molecule has 0 fully saturated rings. The van der Waals surface area contributed by atoms with Gasteiger partial charge in [-0.3, -0.25) is 0 Å². The molecule has 0 unspecified atom stereocenters. The van der Waals surface area contributed by atoms with E-state index in [0.717, 1.165) is 12.8 Å². The summed E-state index contributed by atoms with van der Waals surface area (Å²) in [6.45, 7) is 0.653. The zero-order chi connectivity index (χ0) is 14.3. The highest BCUT2D eigenvalue weighted by Gasteiger charge is 1.94. The summed E-state index contributed by atoms with van der Waals surface area (Å²) in [5.74, 6) is 0. The zero-order valence-electron chi connectivity index (χ0n) is 12.4. The first kappa shape index (κ1) is 16.7. The van der Waals surface area contributed by atoms with Gasteiger partial charge in [-0.2, -0.15) is 0 Å². The number of nitrogens with zero attached hydrogens (tertiary/aromatic N) is 1. The van der Waals surface area contributed by atoms with Crippen LogP contribution in [0.5, 0.6) is 0 Å². The van der Waals surface area contributed by atoms with Crippen molar-refractivity contribution in [2.24, 2.45) is 4.99 Å². The van der Waals surface area contributed by atoms with Crippen LogP contribution in [-0.2, 0) is 11.2 Å². The van der Waals surface area contributed by atoms with Crippen molar-refractivity contribution in [1.29, 1.82) is 0 Å². The first-order valence-corrected chi connectivity index (χ1v) is 7.92. The molecule has 0 atom stereocenters. The van der Waals surface area contributed by atoms with Gasteiger partial charge in [-0.05, 0) is 30.9 Å². The number of benzene rings is 1. The smallest absolute Gasteiger partial charge is 0.211 e. The second-order valence-electron chi connectivity index (χ2n) is 5.29. The molecule has 1 radical (unpaired) electrons. The number of carbonyl (C=O) groups excluding carboxylic acids is 1. The lowest BCUT2D eigenvalue weighted by Crippen LogP contribution is -1.86. The highest BCUT2D eigenvalue weighted by molar-refractivity contribution is 5.32. The normalized spacial score (nSPS) is 10.2. The molecule has 20 heavy (non-hydrogen) atoms. The monoisotopic (exact) mass is 272 g/mol. The largest absolute Gasteiger partial charge is 0.234 e. The fourth-order valence-electron chi connectivity index (χ4n) is 2.38. The molecule has 0 aliphatic carbocycles. The first-order chi connectivity index (χ1) is 9.93. The van der Waals surface area contributed by atoms with E-state index in [1.165, 1.54) is 56.9 Å². The molecule has 0 aromatic heterocycles. The van der Waals surface area contributed by atoms with Crippen molar-refractivity contribution in [3.05, 3.63) is 35.9 Å². The van der Waals surface area contributed by atoms with Crippen molar-refractivity contribution >= 4 is 6.08 Å². The fourth-order valence-corrected chi connectivity index (χ4v) is 2.38. The summed E-state index contributed by atoms with van der Waals surface area (Å²) in [6.07, 6.45) is 14.2. The van der Waals surface area contributed by atoms with Gasteiger partial charge in [-0.25, -0.2) is 9.79 Å². The Morgan fingerprint density at radius 1 is 0.900 bits per heavy atom. The van der Waals surface area contributed by atoms with Crippen LogP contribution in [0, 0.1) is 6.07 Å². The molecule has 1 rings (SSSR count). The summed E-state index contributed by atoms with van der Waals surface area (Å²) in [7, 11) is 0. The number of isocyanates is 1. The zero-order valence-corrected chi connectivity index (χ0v) is 12.4. The lowest BCUT2D eigenvalue weighted by molar-refractivity contribution is 0.553. The Hall–Kier alpha value is -1.40. The maximum atomic E-state index is 9.86. The van der Waals surface area contributed by atoms with Crippen LogP contribution in [0.25, 0.3) is 0 Å². The molecule has 0 N–H and O–H groups in total. The Bertz CT molecular complexity index is 368. The lowest BCUT2D eigenvalue weighted by atomic mass is 10.0. The van der Waals surface area contributed by atoms with Crippen LogP contribution in [0.2, 0.25) is 0 Å². The molecule has 109 valence electrons. The second kappa shape index (κ2) is 12.6. The van der Waals surface area contributed by atoms with E-state index < -0.39 is 0 Å². The van der Waals surface area contributed by atoms with E-state index in [-0.39, 0.29) is 0 Å². The number of hydrogen-bond acceptors (Lipinski definition) is 2. The number of aryl methyl sites for hydroxylation is 1. The minimum atomic E-state index is 0.653. The van der Waals surface area contributed by atoms with Gasteiger partial charge in [-0.1, -0.05) is 69.2 Å².